The zero-order chi connectivity index (χ0) is 23.2. The van der Waals surface area contributed by atoms with Crippen molar-refractivity contribution in [1.29, 1.82) is 0 Å². The van der Waals surface area contributed by atoms with Crippen LogP contribution < -0.4 is 14.8 Å². The number of rotatable bonds is 10. The number of ether oxygens (including phenoxy) is 2. The summed E-state index contributed by atoms with van der Waals surface area (Å²) in [5.74, 6) is 2.17. The van der Waals surface area contributed by atoms with Crippen LogP contribution in [0.4, 0.5) is 0 Å². The second kappa shape index (κ2) is 10.2. The molecule has 0 aliphatic rings. The average molecular weight is 464 g/mol. The van der Waals surface area contributed by atoms with E-state index in [-0.39, 0.29) is 5.91 Å². The molecule has 7 nitrogen and oxygen atoms in total. The van der Waals surface area contributed by atoms with Crippen LogP contribution in [0, 0.1) is 6.92 Å². The highest BCUT2D eigenvalue weighted by atomic mass is 32.1. The van der Waals surface area contributed by atoms with Crippen LogP contribution in [0.1, 0.15) is 26.8 Å². The van der Waals surface area contributed by atoms with Gasteiger partial charge in [0.2, 0.25) is 0 Å². The summed E-state index contributed by atoms with van der Waals surface area (Å²) in [5, 5.41) is 5.66. The van der Waals surface area contributed by atoms with Crippen LogP contribution in [0.2, 0.25) is 0 Å². The maximum Gasteiger partial charge on any atom is 0.253 e. The van der Waals surface area contributed by atoms with Gasteiger partial charge in [-0.2, -0.15) is 0 Å². The molecule has 4 rings (SSSR count). The van der Waals surface area contributed by atoms with E-state index < -0.39 is 0 Å². The van der Waals surface area contributed by atoms with Crippen molar-refractivity contribution in [1.82, 2.24) is 14.9 Å². The number of hydrogen-bond donors (Lipinski definition) is 1. The van der Waals surface area contributed by atoms with Crippen molar-refractivity contribution in [3.63, 3.8) is 0 Å². The number of nitrogens with zero attached hydrogens (tertiary/aromatic N) is 2. The molecule has 1 N–H and O–H groups in total. The van der Waals surface area contributed by atoms with E-state index in [9.17, 15) is 4.79 Å². The number of hydrogen-bond acceptors (Lipinski definition) is 6. The van der Waals surface area contributed by atoms with Crippen molar-refractivity contribution >= 4 is 17.2 Å². The smallest absolute Gasteiger partial charge is 0.253 e. The Morgan fingerprint density at radius 1 is 1.27 bits per heavy atom. The van der Waals surface area contributed by atoms with Crippen molar-refractivity contribution in [3.05, 3.63) is 88.8 Å². The highest BCUT2D eigenvalue weighted by Crippen LogP contribution is 2.29. The predicted octanol–water partition coefficient (Wildman–Crippen LogP) is 5.06. The van der Waals surface area contributed by atoms with E-state index in [1.165, 1.54) is 11.3 Å². The van der Waals surface area contributed by atoms with Crippen LogP contribution in [-0.4, -0.2) is 29.1 Å². The molecule has 1 amide bonds. The number of nitrogens with one attached hydrogen (secondary N) is 1. The predicted molar refractivity (Wildman–Crippen MR) is 128 cm³/mol. The third kappa shape index (κ3) is 5.18. The molecule has 0 aliphatic heterocycles. The third-order valence-corrected chi connectivity index (χ3v) is 5.97. The Hall–Kier alpha value is -3.78. The number of benzene rings is 1. The molecule has 33 heavy (non-hydrogen) atoms. The number of carbonyl (C=O) groups excluding carboxylic acids is 1. The second-order valence-electron chi connectivity index (χ2n) is 7.28. The molecule has 3 heterocycles. The van der Waals surface area contributed by atoms with E-state index >= 15 is 0 Å². The molecule has 8 heteroatoms. The van der Waals surface area contributed by atoms with E-state index in [1.54, 1.807) is 19.4 Å². The number of methoxy groups -OCH3 is 1. The van der Waals surface area contributed by atoms with Gasteiger partial charge in [0.15, 0.2) is 0 Å². The Morgan fingerprint density at radius 3 is 2.76 bits per heavy atom. The summed E-state index contributed by atoms with van der Waals surface area (Å²) in [6.07, 6.45) is 3.30. The van der Waals surface area contributed by atoms with Gasteiger partial charge < -0.3 is 23.8 Å². The first-order valence-electron chi connectivity index (χ1n) is 10.4. The minimum atomic E-state index is -0.148. The molecule has 0 bridgehead atoms. The van der Waals surface area contributed by atoms with Crippen LogP contribution in [0.25, 0.3) is 11.4 Å². The molecule has 3 aromatic heterocycles. The van der Waals surface area contributed by atoms with E-state index in [0.717, 1.165) is 39.3 Å². The standard InChI is InChI=1S/C25H25N3O4S/c1-4-11-26-25(29)21-13-23(28(17(21)2)14-20-6-5-12-31-20)22-16-33-24(27-22)15-32-19-9-7-18(30-3)8-10-19/h4-10,12-13,16H,1,11,14-15H2,2-3H3,(H,26,29). The quantitative estimate of drug-likeness (QED) is 0.333. The molecule has 0 spiro atoms. The van der Waals surface area contributed by atoms with Gasteiger partial charge in [-0.1, -0.05) is 6.08 Å². The summed E-state index contributed by atoms with van der Waals surface area (Å²) in [6, 6.07) is 13.1. The summed E-state index contributed by atoms with van der Waals surface area (Å²) >= 11 is 1.51. The fourth-order valence-corrected chi connectivity index (χ4v) is 4.12. The molecular formula is C25H25N3O4S. The number of furan rings is 1. The number of aromatic nitrogens is 2. The monoisotopic (exact) mass is 463 g/mol. The maximum atomic E-state index is 12.7. The van der Waals surface area contributed by atoms with Gasteiger partial charge in [-0.3, -0.25) is 4.79 Å². The van der Waals surface area contributed by atoms with Gasteiger partial charge in [-0.15, -0.1) is 17.9 Å². The summed E-state index contributed by atoms with van der Waals surface area (Å²) in [7, 11) is 1.63. The van der Waals surface area contributed by atoms with Gasteiger partial charge in [0, 0.05) is 17.6 Å². The summed E-state index contributed by atoms with van der Waals surface area (Å²) in [6.45, 7) is 6.84. The van der Waals surface area contributed by atoms with E-state index in [2.05, 4.69) is 11.9 Å². The highest BCUT2D eigenvalue weighted by molar-refractivity contribution is 7.09. The van der Waals surface area contributed by atoms with Crippen LogP contribution >= 0.6 is 11.3 Å². The topological polar surface area (TPSA) is 78.5 Å². The van der Waals surface area contributed by atoms with Crippen molar-refractivity contribution in [2.75, 3.05) is 13.7 Å². The van der Waals surface area contributed by atoms with E-state index in [4.69, 9.17) is 18.9 Å². The fourth-order valence-electron chi connectivity index (χ4n) is 3.42. The molecule has 0 fully saturated rings. The molecule has 170 valence electrons. The molecule has 1 aromatic carbocycles. The first kappa shape index (κ1) is 22.4. The Labute approximate surface area is 196 Å². The molecule has 4 aromatic rings. The molecule has 0 saturated carbocycles. The van der Waals surface area contributed by atoms with Gasteiger partial charge >= 0.3 is 0 Å². The zero-order valence-electron chi connectivity index (χ0n) is 18.5. The van der Waals surface area contributed by atoms with Crippen LogP contribution in [0.5, 0.6) is 11.5 Å². The lowest BCUT2D eigenvalue weighted by atomic mass is 10.2. The van der Waals surface area contributed by atoms with Crippen molar-refractivity contribution in [2.45, 2.75) is 20.1 Å². The van der Waals surface area contributed by atoms with Gasteiger partial charge in [0.1, 0.15) is 28.9 Å². The third-order valence-electron chi connectivity index (χ3n) is 5.15. The SMILES string of the molecule is C=CCNC(=O)c1cc(-c2csc(COc3ccc(OC)cc3)n2)n(Cc2ccco2)c1C. The van der Waals surface area contributed by atoms with E-state index in [0.29, 0.717) is 25.3 Å². The van der Waals surface area contributed by atoms with Gasteiger partial charge in [-0.05, 0) is 49.4 Å². The molecular weight excluding hydrogens is 438 g/mol. The van der Waals surface area contributed by atoms with Gasteiger partial charge in [0.05, 0.1) is 36.9 Å². The highest BCUT2D eigenvalue weighted by Gasteiger charge is 2.20. The Balaban J connectivity index is 1.58. The molecule has 0 unspecified atom stereocenters. The maximum absolute atomic E-state index is 12.7. The molecule has 0 saturated heterocycles. The second-order valence-corrected chi connectivity index (χ2v) is 8.23. The lowest BCUT2D eigenvalue weighted by molar-refractivity contribution is 0.0957. The minimum Gasteiger partial charge on any atom is -0.497 e. The van der Waals surface area contributed by atoms with Gasteiger partial charge in [-0.25, -0.2) is 4.98 Å². The lowest BCUT2D eigenvalue weighted by Gasteiger charge is -2.09. The first-order chi connectivity index (χ1) is 16.1. The van der Waals surface area contributed by atoms with E-state index in [1.807, 2.05) is 59.3 Å². The average Bonchev–Trinajstić information content (AvgIpc) is 3.58. The number of carbonyl (C=O) groups is 1. The van der Waals surface area contributed by atoms with Crippen molar-refractivity contribution in [3.8, 4) is 22.9 Å². The van der Waals surface area contributed by atoms with Gasteiger partial charge in [0.25, 0.3) is 5.91 Å². The van der Waals surface area contributed by atoms with Crippen LogP contribution in [0.15, 0.2) is 71.2 Å². The normalized spacial score (nSPS) is 10.7. The Kier molecular flexibility index (Phi) is 6.95. The summed E-state index contributed by atoms with van der Waals surface area (Å²) in [4.78, 5) is 17.5. The van der Waals surface area contributed by atoms with Crippen molar-refractivity contribution in [2.24, 2.45) is 0 Å². The van der Waals surface area contributed by atoms with Crippen molar-refractivity contribution < 1.29 is 18.7 Å². The number of thiazole rings is 1. The summed E-state index contributed by atoms with van der Waals surface area (Å²) in [5.41, 5.74) is 3.07. The Morgan fingerprint density at radius 2 is 2.06 bits per heavy atom. The number of amides is 1. The first-order valence-corrected chi connectivity index (χ1v) is 11.3. The van der Waals surface area contributed by atoms with Crippen LogP contribution in [0.3, 0.4) is 0 Å². The minimum absolute atomic E-state index is 0.148. The zero-order valence-corrected chi connectivity index (χ0v) is 19.4. The Bertz CT molecular complexity index is 1220. The van der Waals surface area contributed by atoms with Crippen LogP contribution in [-0.2, 0) is 13.2 Å². The molecule has 0 radical (unpaired) electrons. The molecule has 0 aliphatic carbocycles. The fraction of sp³-hybridized carbons (Fsp3) is 0.200. The largest absolute Gasteiger partial charge is 0.497 e. The summed E-state index contributed by atoms with van der Waals surface area (Å²) < 4.78 is 18.6. The molecule has 0 atom stereocenters. The lowest BCUT2D eigenvalue weighted by Crippen LogP contribution is -2.23.